The predicted molar refractivity (Wildman–Crippen MR) is 57.4 cm³/mol. The van der Waals surface area contributed by atoms with Crippen molar-refractivity contribution in [3.8, 4) is 6.07 Å². The van der Waals surface area contributed by atoms with Crippen LogP contribution in [-0.2, 0) is 6.42 Å². The molecule has 70 valence electrons. The number of H-pyrrole nitrogens is 1. The van der Waals surface area contributed by atoms with Crippen LogP contribution >= 0.6 is 11.6 Å². The molecule has 0 unspecified atom stereocenters. The maximum atomic E-state index is 8.91. The zero-order valence-electron chi connectivity index (χ0n) is 7.76. The van der Waals surface area contributed by atoms with Crippen molar-refractivity contribution in [3.63, 3.8) is 0 Å². The molecular weight excluding hydrogens is 196 g/mol. The first-order chi connectivity index (χ1) is 6.76. The summed E-state index contributed by atoms with van der Waals surface area (Å²) in [7, 11) is 0. The van der Waals surface area contributed by atoms with E-state index in [1.54, 1.807) is 0 Å². The molecule has 0 amide bonds. The number of rotatable bonds is 1. The number of halogens is 1. The zero-order chi connectivity index (χ0) is 10.1. The Bertz CT molecular complexity index is 520. The maximum Gasteiger partial charge on any atom is 0.125 e. The van der Waals surface area contributed by atoms with Gasteiger partial charge in [-0.3, -0.25) is 0 Å². The highest BCUT2D eigenvalue weighted by atomic mass is 35.5. The van der Waals surface area contributed by atoms with Gasteiger partial charge in [-0.25, -0.2) is 0 Å². The number of aromatic nitrogens is 1. The molecule has 0 aliphatic rings. The van der Waals surface area contributed by atoms with E-state index in [0.29, 0.717) is 10.7 Å². The molecule has 0 aliphatic carbocycles. The molecule has 0 bridgehead atoms. The Labute approximate surface area is 87.1 Å². The first kappa shape index (κ1) is 9.11. The molecule has 2 nitrogen and oxygen atoms in total. The molecule has 0 atom stereocenters. The van der Waals surface area contributed by atoms with Crippen LogP contribution in [0, 0.1) is 11.3 Å². The third-order valence-corrected chi connectivity index (χ3v) is 2.62. The number of benzene rings is 1. The lowest BCUT2D eigenvalue weighted by molar-refractivity contribution is 1.15. The number of nitrogens with one attached hydrogen (secondary N) is 1. The molecule has 0 fully saturated rings. The number of nitriles is 1. The minimum Gasteiger partial charge on any atom is -0.344 e. The van der Waals surface area contributed by atoms with Crippen molar-refractivity contribution in [1.29, 1.82) is 5.26 Å². The second-order valence-electron chi connectivity index (χ2n) is 3.16. The second-order valence-corrected chi connectivity index (χ2v) is 3.54. The SMILES string of the molecule is CCc1ccc2[nH]c(Cl)c(C#N)c2c1. The molecule has 0 spiro atoms. The molecule has 1 heterocycles. The fraction of sp³-hybridized carbons (Fsp3) is 0.182. The van der Waals surface area contributed by atoms with Gasteiger partial charge in [0, 0.05) is 10.9 Å². The number of fused-ring (bicyclic) bond motifs is 1. The summed E-state index contributed by atoms with van der Waals surface area (Å²) in [5.41, 5.74) is 2.67. The molecule has 0 saturated heterocycles. The standard InChI is InChI=1S/C11H9ClN2/c1-2-7-3-4-10-8(5-7)9(6-13)11(12)14-10/h3-5,14H,2H2,1H3. The van der Waals surface area contributed by atoms with Gasteiger partial charge in [0.15, 0.2) is 0 Å². The van der Waals surface area contributed by atoms with Gasteiger partial charge in [-0.05, 0) is 24.1 Å². The van der Waals surface area contributed by atoms with E-state index < -0.39 is 0 Å². The maximum absolute atomic E-state index is 8.91. The summed E-state index contributed by atoms with van der Waals surface area (Å²) in [6.07, 6.45) is 0.962. The van der Waals surface area contributed by atoms with Gasteiger partial charge in [0.05, 0.1) is 5.56 Å². The highest BCUT2D eigenvalue weighted by Crippen LogP contribution is 2.26. The van der Waals surface area contributed by atoms with E-state index in [4.69, 9.17) is 16.9 Å². The van der Waals surface area contributed by atoms with E-state index >= 15 is 0 Å². The molecule has 1 aromatic carbocycles. The topological polar surface area (TPSA) is 39.6 Å². The molecule has 0 aliphatic heterocycles. The molecule has 0 saturated carbocycles. The summed E-state index contributed by atoms with van der Waals surface area (Å²) >= 11 is 5.89. The molecule has 2 aromatic rings. The molecule has 1 aromatic heterocycles. The van der Waals surface area contributed by atoms with Crippen molar-refractivity contribution in [2.75, 3.05) is 0 Å². The van der Waals surface area contributed by atoms with Crippen LogP contribution in [0.2, 0.25) is 5.15 Å². The lowest BCUT2D eigenvalue weighted by Gasteiger charge is -1.95. The van der Waals surface area contributed by atoms with Gasteiger partial charge in [-0.1, -0.05) is 24.6 Å². The lowest BCUT2D eigenvalue weighted by atomic mass is 10.1. The quantitative estimate of drug-likeness (QED) is 0.761. The van der Waals surface area contributed by atoms with Crippen LogP contribution in [0.15, 0.2) is 18.2 Å². The predicted octanol–water partition coefficient (Wildman–Crippen LogP) is 3.26. The van der Waals surface area contributed by atoms with Crippen molar-refractivity contribution in [2.24, 2.45) is 0 Å². The molecule has 3 heteroatoms. The first-order valence-corrected chi connectivity index (χ1v) is 4.84. The van der Waals surface area contributed by atoms with Gasteiger partial charge in [0.25, 0.3) is 0 Å². The van der Waals surface area contributed by atoms with Crippen molar-refractivity contribution in [1.82, 2.24) is 4.98 Å². The van der Waals surface area contributed by atoms with Crippen molar-refractivity contribution in [2.45, 2.75) is 13.3 Å². The minimum absolute atomic E-state index is 0.427. The number of aromatic amines is 1. The van der Waals surface area contributed by atoms with Crippen LogP contribution < -0.4 is 0 Å². The lowest BCUT2D eigenvalue weighted by Crippen LogP contribution is -1.79. The van der Waals surface area contributed by atoms with E-state index in [2.05, 4.69) is 18.0 Å². The van der Waals surface area contributed by atoms with Crippen molar-refractivity contribution >= 4 is 22.5 Å². The van der Waals surface area contributed by atoms with E-state index in [1.165, 1.54) is 5.56 Å². The molecular formula is C11H9ClN2. The average molecular weight is 205 g/mol. The van der Waals surface area contributed by atoms with E-state index in [9.17, 15) is 0 Å². The van der Waals surface area contributed by atoms with Crippen LogP contribution in [-0.4, -0.2) is 4.98 Å². The Morgan fingerprint density at radius 2 is 2.29 bits per heavy atom. The number of hydrogen-bond donors (Lipinski definition) is 1. The number of aryl methyl sites for hydroxylation is 1. The summed E-state index contributed by atoms with van der Waals surface area (Å²) < 4.78 is 0. The fourth-order valence-corrected chi connectivity index (χ4v) is 1.78. The zero-order valence-corrected chi connectivity index (χ0v) is 8.52. The monoisotopic (exact) mass is 204 g/mol. The third kappa shape index (κ3) is 1.26. The van der Waals surface area contributed by atoms with Crippen molar-refractivity contribution in [3.05, 3.63) is 34.5 Å². The highest BCUT2D eigenvalue weighted by Gasteiger charge is 2.08. The molecule has 0 radical (unpaired) electrons. The summed E-state index contributed by atoms with van der Waals surface area (Å²) in [5.74, 6) is 0. The van der Waals surface area contributed by atoms with Gasteiger partial charge in [-0.15, -0.1) is 0 Å². The first-order valence-electron chi connectivity index (χ1n) is 4.46. The Balaban J connectivity index is 2.79. The van der Waals surface area contributed by atoms with Gasteiger partial charge < -0.3 is 4.98 Å². The summed E-state index contributed by atoms with van der Waals surface area (Å²) in [5, 5.41) is 10.3. The van der Waals surface area contributed by atoms with E-state index in [0.717, 1.165) is 17.3 Å². The second kappa shape index (κ2) is 3.36. The smallest absolute Gasteiger partial charge is 0.125 e. The van der Waals surface area contributed by atoms with Gasteiger partial charge in [0.1, 0.15) is 11.2 Å². The molecule has 1 N–H and O–H groups in total. The van der Waals surface area contributed by atoms with Gasteiger partial charge in [-0.2, -0.15) is 5.26 Å². The average Bonchev–Trinajstić information content (AvgIpc) is 2.52. The van der Waals surface area contributed by atoms with E-state index in [1.807, 2.05) is 18.2 Å². The Kier molecular flexibility index (Phi) is 2.18. The third-order valence-electron chi connectivity index (χ3n) is 2.34. The molecule has 2 rings (SSSR count). The Hall–Kier alpha value is -1.46. The van der Waals surface area contributed by atoms with Gasteiger partial charge in [0.2, 0.25) is 0 Å². The van der Waals surface area contributed by atoms with Crippen LogP contribution in [0.4, 0.5) is 0 Å². The summed E-state index contributed by atoms with van der Waals surface area (Å²) in [4.78, 5) is 2.97. The molecule has 14 heavy (non-hydrogen) atoms. The van der Waals surface area contributed by atoms with Gasteiger partial charge >= 0.3 is 0 Å². The van der Waals surface area contributed by atoms with E-state index in [-0.39, 0.29) is 0 Å². The van der Waals surface area contributed by atoms with Crippen LogP contribution in [0.1, 0.15) is 18.1 Å². The fourth-order valence-electron chi connectivity index (χ4n) is 1.54. The van der Waals surface area contributed by atoms with Crippen LogP contribution in [0.25, 0.3) is 10.9 Å². The Morgan fingerprint density at radius 1 is 1.50 bits per heavy atom. The normalized spacial score (nSPS) is 10.4. The Morgan fingerprint density at radius 3 is 2.93 bits per heavy atom. The number of nitrogens with zero attached hydrogens (tertiary/aromatic N) is 1. The largest absolute Gasteiger partial charge is 0.344 e. The van der Waals surface area contributed by atoms with Crippen LogP contribution in [0.3, 0.4) is 0 Å². The summed E-state index contributed by atoms with van der Waals surface area (Å²) in [6.45, 7) is 2.08. The van der Waals surface area contributed by atoms with Crippen LogP contribution in [0.5, 0.6) is 0 Å². The minimum atomic E-state index is 0.427. The number of hydrogen-bond acceptors (Lipinski definition) is 1. The van der Waals surface area contributed by atoms with Crippen molar-refractivity contribution < 1.29 is 0 Å². The highest BCUT2D eigenvalue weighted by molar-refractivity contribution is 6.32. The summed E-state index contributed by atoms with van der Waals surface area (Å²) in [6, 6.07) is 8.11.